The Kier molecular flexibility index (Phi) is 4.98. The van der Waals surface area contributed by atoms with Crippen LogP contribution in [0.25, 0.3) is 0 Å². The van der Waals surface area contributed by atoms with Gasteiger partial charge in [0.15, 0.2) is 0 Å². The summed E-state index contributed by atoms with van der Waals surface area (Å²) in [7, 11) is 0. The second-order valence-corrected chi connectivity index (χ2v) is 5.51. The smallest absolute Gasteiger partial charge is 0.0173 e. The zero-order valence-corrected chi connectivity index (χ0v) is 10.3. The highest BCUT2D eigenvalue weighted by atomic mass is 15.0. The minimum Gasteiger partial charge on any atom is -0.311 e. The van der Waals surface area contributed by atoms with Gasteiger partial charge < -0.3 is 5.32 Å². The lowest BCUT2D eigenvalue weighted by atomic mass is 9.76. The van der Waals surface area contributed by atoms with Crippen molar-refractivity contribution in [1.82, 2.24) is 5.32 Å². The lowest BCUT2D eigenvalue weighted by Crippen LogP contribution is -2.50. The Hall–Kier alpha value is -0.0400. The summed E-state index contributed by atoms with van der Waals surface area (Å²) in [5.41, 5.74) is 0.569. The molecule has 1 N–H and O–H groups in total. The van der Waals surface area contributed by atoms with Gasteiger partial charge in [-0.1, -0.05) is 40.5 Å². The van der Waals surface area contributed by atoms with Gasteiger partial charge in [0.2, 0.25) is 0 Å². The van der Waals surface area contributed by atoms with Crippen molar-refractivity contribution in [1.29, 1.82) is 0 Å². The highest BCUT2D eigenvalue weighted by Crippen LogP contribution is 2.29. The highest BCUT2D eigenvalue weighted by molar-refractivity contribution is 4.89. The summed E-state index contributed by atoms with van der Waals surface area (Å²) >= 11 is 0. The molecule has 1 nitrogen and oxygen atoms in total. The maximum Gasteiger partial charge on any atom is 0.0173 e. The Labute approximate surface area is 84.3 Å². The number of hydrogen-bond acceptors (Lipinski definition) is 1. The summed E-state index contributed by atoms with van der Waals surface area (Å²) in [4.78, 5) is 0. The molecule has 0 aromatic heterocycles. The molecule has 1 heteroatoms. The van der Waals surface area contributed by atoms with Crippen molar-refractivity contribution in [3.05, 3.63) is 0 Å². The predicted molar refractivity (Wildman–Crippen MR) is 61.1 cm³/mol. The van der Waals surface area contributed by atoms with E-state index in [0.717, 1.165) is 6.54 Å². The molecule has 0 aromatic rings. The van der Waals surface area contributed by atoms with Crippen molar-refractivity contribution in [2.24, 2.45) is 5.41 Å². The maximum absolute atomic E-state index is 3.63. The molecule has 0 amide bonds. The topological polar surface area (TPSA) is 12.0 Å². The third-order valence-electron chi connectivity index (χ3n) is 3.22. The molecule has 0 bridgehead atoms. The molecule has 0 aliphatic heterocycles. The van der Waals surface area contributed by atoms with Gasteiger partial charge in [-0.05, 0) is 32.2 Å². The molecule has 0 rings (SSSR count). The van der Waals surface area contributed by atoms with Crippen LogP contribution in [0.3, 0.4) is 0 Å². The molecule has 13 heavy (non-hydrogen) atoms. The van der Waals surface area contributed by atoms with Crippen LogP contribution >= 0.6 is 0 Å². The van der Waals surface area contributed by atoms with E-state index in [1.54, 1.807) is 0 Å². The zero-order valence-electron chi connectivity index (χ0n) is 10.3. The average molecular weight is 185 g/mol. The molecule has 0 saturated carbocycles. The van der Waals surface area contributed by atoms with E-state index in [1.807, 2.05) is 0 Å². The molecular weight excluding hydrogens is 158 g/mol. The first-order valence-corrected chi connectivity index (χ1v) is 5.56. The largest absolute Gasteiger partial charge is 0.311 e. The quantitative estimate of drug-likeness (QED) is 0.645. The van der Waals surface area contributed by atoms with Gasteiger partial charge in [-0.3, -0.25) is 0 Å². The minimum atomic E-state index is 0.237. The van der Waals surface area contributed by atoms with Crippen molar-refractivity contribution in [3.63, 3.8) is 0 Å². The molecule has 0 aliphatic carbocycles. The van der Waals surface area contributed by atoms with Crippen LogP contribution in [-0.2, 0) is 0 Å². The highest BCUT2D eigenvalue weighted by Gasteiger charge is 2.31. The summed E-state index contributed by atoms with van der Waals surface area (Å²) < 4.78 is 0. The SMILES string of the molecule is CCCCCNC(C)(C)C(C)(C)C. The first kappa shape index (κ1) is 13.0. The summed E-state index contributed by atoms with van der Waals surface area (Å²) in [6.07, 6.45) is 3.95. The Morgan fingerprint density at radius 2 is 1.46 bits per heavy atom. The van der Waals surface area contributed by atoms with Gasteiger partial charge in [-0.2, -0.15) is 0 Å². The number of hydrogen-bond donors (Lipinski definition) is 1. The van der Waals surface area contributed by atoms with Gasteiger partial charge in [-0.25, -0.2) is 0 Å². The lowest BCUT2D eigenvalue weighted by Gasteiger charge is -2.40. The molecule has 0 saturated heterocycles. The first-order chi connectivity index (χ1) is 5.81. The van der Waals surface area contributed by atoms with E-state index in [0.29, 0.717) is 5.41 Å². The molecular formula is C12H27N. The van der Waals surface area contributed by atoms with Gasteiger partial charge in [-0.15, -0.1) is 0 Å². The second-order valence-electron chi connectivity index (χ2n) is 5.51. The van der Waals surface area contributed by atoms with Crippen LogP contribution in [0.1, 0.15) is 60.8 Å². The van der Waals surface area contributed by atoms with Crippen LogP contribution in [0.4, 0.5) is 0 Å². The van der Waals surface area contributed by atoms with Crippen LogP contribution in [0.15, 0.2) is 0 Å². The van der Waals surface area contributed by atoms with Crippen LogP contribution in [-0.4, -0.2) is 12.1 Å². The summed E-state index contributed by atoms with van der Waals surface area (Å²) in [5, 5.41) is 3.63. The molecule has 0 radical (unpaired) electrons. The fourth-order valence-electron chi connectivity index (χ4n) is 1.04. The first-order valence-electron chi connectivity index (χ1n) is 5.56. The van der Waals surface area contributed by atoms with Crippen LogP contribution in [0.5, 0.6) is 0 Å². The minimum absolute atomic E-state index is 0.237. The van der Waals surface area contributed by atoms with Crippen LogP contribution < -0.4 is 5.32 Å². The molecule has 0 heterocycles. The third-order valence-corrected chi connectivity index (χ3v) is 3.22. The maximum atomic E-state index is 3.63. The third kappa shape index (κ3) is 4.66. The lowest BCUT2D eigenvalue weighted by molar-refractivity contribution is 0.176. The van der Waals surface area contributed by atoms with E-state index in [1.165, 1.54) is 19.3 Å². The molecule has 0 unspecified atom stereocenters. The van der Waals surface area contributed by atoms with Crippen molar-refractivity contribution >= 4 is 0 Å². The van der Waals surface area contributed by atoms with Crippen molar-refractivity contribution < 1.29 is 0 Å². The van der Waals surface area contributed by atoms with Crippen molar-refractivity contribution in [3.8, 4) is 0 Å². The van der Waals surface area contributed by atoms with E-state index in [-0.39, 0.29) is 5.54 Å². The summed E-state index contributed by atoms with van der Waals surface area (Å²) in [6.45, 7) is 14.9. The van der Waals surface area contributed by atoms with Gasteiger partial charge in [0.1, 0.15) is 0 Å². The Morgan fingerprint density at radius 3 is 1.85 bits per heavy atom. The van der Waals surface area contributed by atoms with Gasteiger partial charge in [0.25, 0.3) is 0 Å². The van der Waals surface area contributed by atoms with E-state index < -0.39 is 0 Å². The van der Waals surface area contributed by atoms with Gasteiger partial charge >= 0.3 is 0 Å². The van der Waals surface area contributed by atoms with Gasteiger partial charge in [0, 0.05) is 5.54 Å². The summed E-state index contributed by atoms with van der Waals surface area (Å²) in [5.74, 6) is 0. The van der Waals surface area contributed by atoms with Crippen molar-refractivity contribution in [2.75, 3.05) is 6.54 Å². The molecule has 0 spiro atoms. The molecule has 0 atom stereocenters. The van der Waals surface area contributed by atoms with E-state index in [4.69, 9.17) is 0 Å². The number of unbranched alkanes of at least 4 members (excludes halogenated alkanes) is 2. The fourth-order valence-corrected chi connectivity index (χ4v) is 1.04. The van der Waals surface area contributed by atoms with E-state index in [2.05, 4.69) is 46.9 Å². The fraction of sp³-hybridized carbons (Fsp3) is 1.00. The van der Waals surface area contributed by atoms with E-state index in [9.17, 15) is 0 Å². The average Bonchev–Trinajstić information content (AvgIpc) is 1.96. The zero-order chi connectivity index (χ0) is 10.5. The van der Waals surface area contributed by atoms with Crippen LogP contribution in [0.2, 0.25) is 0 Å². The Bertz CT molecular complexity index is 131. The standard InChI is InChI=1S/C12H27N/c1-7-8-9-10-13-12(5,6)11(2,3)4/h13H,7-10H2,1-6H3. The molecule has 0 fully saturated rings. The number of nitrogens with one attached hydrogen (secondary N) is 1. The Balaban J connectivity index is 3.77. The van der Waals surface area contributed by atoms with Crippen molar-refractivity contribution in [2.45, 2.75) is 66.3 Å². The number of rotatable bonds is 5. The Morgan fingerprint density at radius 1 is 0.923 bits per heavy atom. The predicted octanol–water partition coefficient (Wildman–Crippen LogP) is 3.59. The molecule has 0 aliphatic rings. The van der Waals surface area contributed by atoms with Crippen LogP contribution in [0, 0.1) is 5.41 Å². The monoisotopic (exact) mass is 185 g/mol. The molecule has 0 aromatic carbocycles. The molecule has 80 valence electrons. The normalized spacial score (nSPS) is 13.4. The summed E-state index contributed by atoms with van der Waals surface area (Å²) in [6, 6.07) is 0. The van der Waals surface area contributed by atoms with E-state index >= 15 is 0 Å². The second kappa shape index (κ2) is 4.99. The van der Waals surface area contributed by atoms with Gasteiger partial charge in [0.05, 0.1) is 0 Å².